The number of fused-ring (bicyclic) bond motifs is 2. The normalized spacial score (nSPS) is 14.5. The maximum atomic E-state index is 13.1. The van der Waals surface area contributed by atoms with Crippen molar-refractivity contribution >= 4 is 52.5 Å². The summed E-state index contributed by atoms with van der Waals surface area (Å²) in [6.07, 6.45) is 3.50. The average molecular weight is 501 g/mol. The molecule has 0 spiro atoms. The maximum Gasteiger partial charge on any atom is 0.324 e. The number of amides is 2. The Morgan fingerprint density at radius 1 is 1.08 bits per heavy atom. The molecule has 0 saturated carbocycles. The number of ketones is 1. The van der Waals surface area contributed by atoms with Crippen LogP contribution in [-0.4, -0.2) is 29.5 Å². The number of carbonyl (C=O) groups is 3. The first-order chi connectivity index (χ1) is 17.7. The first-order valence-electron chi connectivity index (χ1n) is 11.5. The second-order valence-electron chi connectivity index (χ2n) is 9.58. The number of Topliss-reactive ketones (excluding diaryl/α,β-unsaturated/α-hetero) is 1. The van der Waals surface area contributed by atoms with Crippen molar-refractivity contribution in [2.24, 2.45) is 0 Å². The zero-order valence-electron chi connectivity index (χ0n) is 20.3. The Morgan fingerprint density at radius 3 is 2.68 bits per heavy atom. The van der Waals surface area contributed by atoms with Gasteiger partial charge in [0.1, 0.15) is 23.1 Å². The molecule has 2 amide bonds. The Hall–Kier alpha value is -4.86. The van der Waals surface area contributed by atoms with Crippen LogP contribution in [0.15, 0.2) is 63.5 Å². The molecule has 1 aliphatic heterocycles. The Labute approximate surface area is 211 Å². The minimum Gasteiger partial charge on any atom is -0.453 e. The predicted molar refractivity (Wildman–Crippen MR) is 138 cm³/mol. The van der Waals surface area contributed by atoms with E-state index in [1.807, 2.05) is 20.8 Å². The number of rotatable bonds is 6. The summed E-state index contributed by atoms with van der Waals surface area (Å²) >= 11 is 0. The number of aromatic nitrogens is 1. The first kappa shape index (κ1) is 23.9. The van der Waals surface area contributed by atoms with E-state index >= 15 is 0 Å². The van der Waals surface area contributed by atoms with Crippen LogP contribution in [0.4, 0.5) is 22.0 Å². The van der Waals surface area contributed by atoms with Crippen molar-refractivity contribution in [3.63, 3.8) is 0 Å². The highest BCUT2D eigenvalue weighted by molar-refractivity contribution is 6.06. The molecule has 1 unspecified atom stereocenters. The fourth-order valence-electron chi connectivity index (χ4n) is 3.87. The number of hydrogen-bond acceptors (Lipinski definition) is 8. The molecular weight excluding hydrogens is 476 g/mol. The Kier molecular flexibility index (Phi) is 6.00. The van der Waals surface area contributed by atoms with Gasteiger partial charge < -0.3 is 24.3 Å². The zero-order valence-corrected chi connectivity index (χ0v) is 20.3. The zero-order chi connectivity index (χ0) is 26.2. The van der Waals surface area contributed by atoms with Gasteiger partial charge in [0, 0.05) is 33.8 Å². The number of urea groups is 1. The Morgan fingerprint density at radius 2 is 1.92 bits per heavy atom. The second-order valence-corrected chi connectivity index (χ2v) is 9.58. The minimum atomic E-state index is -0.630. The summed E-state index contributed by atoms with van der Waals surface area (Å²) in [6.45, 7) is 6.32. The van der Waals surface area contributed by atoms with Crippen LogP contribution < -0.4 is 20.7 Å². The standard InChI is InChI=1S/C27H24N4O6/c1-27(2,3)23-13-24(31-37-23)30-26(34)28-17-5-9-21-16(10-17)12-22(36-21)25(33)20-7-4-15-11-18(35-14-32)6-8-19(15)29-20/h4-14,20,29H,1-3H3,(H2,28,30,31,34). The smallest absolute Gasteiger partial charge is 0.324 e. The molecular formula is C27H24N4O6. The van der Waals surface area contributed by atoms with Gasteiger partial charge in [-0.1, -0.05) is 38.1 Å². The largest absolute Gasteiger partial charge is 0.453 e. The van der Waals surface area contributed by atoms with Crippen LogP contribution in [0.5, 0.6) is 5.75 Å². The number of nitrogens with zero attached hydrogens (tertiary/aromatic N) is 1. The number of benzene rings is 2. The quantitative estimate of drug-likeness (QED) is 0.230. The summed E-state index contributed by atoms with van der Waals surface area (Å²) in [6, 6.07) is 12.4. The summed E-state index contributed by atoms with van der Waals surface area (Å²) in [5.74, 6) is 1.31. The van der Waals surface area contributed by atoms with E-state index in [1.54, 1.807) is 60.7 Å². The van der Waals surface area contributed by atoms with Crippen molar-refractivity contribution < 1.29 is 28.1 Å². The number of nitrogens with one attached hydrogen (secondary N) is 3. The van der Waals surface area contributed by atoms with Crippen LogP contribution in [0, 0.1) is 0 Å². The first-order valence-corrected chi connectivity index (χ1v) is 11.5. The van der Waals surface area contributed by atoms with E-state index < -0.39 is 12.1 Å². The van der Waals surface area contributed by atoms with Crippen molar-refractivity contribution in [2.45, 2.75) is 32.2 Å². The third-order valence-electron chi connectivity index (χ3n) is 5.78. The second kappa shape index (κ2) is 9.30. The van der Waals surface area contributed by atoms with E-state index in [9.17, 15) is 14.4 Å². The molecule has 2 aromatic heterocycles. The van der Waals surface area contributed by atoms with E-state index in [-0.39, 0.29) is 17.0 Å². The van der Waals surface area contributed by atoms with Crippen molar-refractivity contribution in [2.75, 3.05) is 16.0 Å². The highest BCUT2D eigenvalue weighted by Gasteiger charge is 2.25. The average Bonchev–Trinajstić information content (AvgIpc) is 3.50. The molecule has 0 saturated heterocycles. The summed E-state index contributed by atoms with van der Waals surface area (Å²) in [5.41, 5.74) is 2.32. The summed E-state index contributed by atoms with van der Waals surface area (Å²) in [4.78, 5) is 36.1. The monoisotopic (exact) mass is 500 g/mol. The molecule has 10 heteroatoms. The molecule has 0 bridgehead atoms. The fourth-order valence-corrected chi connectivity index (χ4v) is 3.87. The molecule has 188 valence electrons. The Bertz CT molecular complexity index is 1540. The topological polar surface area (TPSA) is 136 Å². The number of hydrogen-bond donors (Lipinski definition) is 3. The SMILES string of the molecule is CC(C)(C)c1cc(NC(=O)Nc2ccc3oc(C(=O)C4C=Cc5cc(OC=O)ccc5N4)cc3c2)no1. The molecule has 3 heterocycles. The van der Waals surface area contributed by atoms with Crippen molar-refractivity contribution in [3.05, 3.63) is 71.7 Å². The van der Waals surface area contributed by atoms with Gasteiger partial charge in [-0.25, -0.2) is 4.79 Å². The third-order valence-corrected chi connectivity index (χ3v) is 5.78. The predicted octanol–water partition coefficient (Wildman–Crippen LogP) is 5.59. The molecule has 10 nitrogen and oxygen atoms in total. The van der Waals surface area contributed by atoms with Gasteiger partial charge in [0.05, 0.1) is 0 Å². The van der Waals surface area contributed by atoms with E-state index in [0.717, 1.165) is 11.3 Å². The molecule has 0 aliphatic carbocycles. The van der Waals surface area contributed by atoms with Gasteiger partial charge >= 0.3 is 6.03 Å². The molecule has 2 aromatic carbocycles. The molecule has 1 aliphatic rings. The van der Waals surface area contributed by atoms with Crippen molar-refractivity contribution in [1.29, 1.82) is 0 Å². The lowest BCUT2D eigenvalue weighted by Crippen LogP contribution is -2.29. The van der Waals surface area contributed by atoms with E-state index in [4.69, 9.17) is 13.7 Å². The van der Waals surface area contributed by atoms with Gasteiger partial charge in [0.15, 0.2) is 11.6 Å². The van der Waals surface area contributed by atoms with Gasteiger partial charge in [-0.2, -0.15) is 0 Å². The number of furan rings is 1. The van der Waals surface area contributed by atoms with Crippen LogP contribution in [0.3, 0.4) is 0 Å². The molecule has 4 aromatic rings. The summed E-state index contributed by atoms with van der Waals surface area (Å²) in [7, 11) is 0. The van der Waals surface area contributed by atoms with Gasteiger partial charge in [-0.3, -0.25) is 14.9 Å². The van der Waals surface area contributed by atoms with Gasteiger partial charge in [-0.15, -0.1) is 0 Å². The number of carbonyl (C=O) groups excluding carboxylic acids is 3. The summed E-state index contributed by atoms with van der Waals surface area (Å²) < 4.78 is 15.9. The molecule has 0 fully saturated rings. The summed E-state index contributed by atoms with van der Waals surface area (Å²) in [5, 5.41) is 13.1. The third kappa shape index (κ3) is 5.08. The lowest BCUT2D eigenvalue weighted by Gasteiger charge is -2.20. The van der Waals surface area contributed by atoms with Gasteiger partial charge in [0.25, 0.3) is 6.47 Å². The Balaban J connectivity index is 1.26. The number of anilines is 3. The maximum absolute atomic E-state index is 13.1. The van der Waals surface area contributed by atoms with Gasteiger partial charge in [-0.05, 0) is 42.5 Å². The number of ether oxygens (including phenoxy) is 1. The lowest BCUT2D eigenvalue weighted by molar-refractivity contribution is -0.120. The van der Waals surface area contributed by atoms with Crippen LogP contribution in [0.2, 0.25) is 0 Å². The molecule has 0 radical (unpaired) electrons. The van der Waals surface area contributed by atoms with Crippen molar-refractivity contribution in [1.82, 2.24) is 5.16 Å². The molecule has 1 atom stereocenters. The fraction of sp³-hybridized carbons (Fsp3) is 0.185. The molecule has 37 heavy (non-hydrogen) atoms. The van der Waals surface area contributed by atoms with E-state index in [2.05, 4.69) is 21.1 Å². The lowest BCUT2D eigenvalue weighted by atomic mass is 9.93. The van der Waals surface area contributed by atoms with E-state index in [0.29, 0.717) is 40.5 Å². The van der Waals surface area contributed by atoms with E-state index in [1.165, 1.54) is 0 Å². The highest BCUT2D eigenvalue weighted by atomic mass is 16.5. The van der Waals surface area contributed by atoms with Crippen LogP contribution >= 0.6 is 0 Å². The highest BCUT2D eigenvalue weighted by Crippen LogP contribution is 2.30. The van der Waals surface area contributed by atoms with Crippen LogP contribution in [-0.2, 0) is 10.2 Å². The van der Waals surface area contributed by atoms with Crippen LogP contribution in [0.1, 0.15) is 42.6 Å². The molecule has 3 N–H and O–H groups in total. The molecule has 5 rings (SSSR count). The minimum absolute atomic E-state index is 0.181. The van der Waals surface area contributed by atoms with Crippen molar-refractivity contribution in [3.8, 4) is 5.75 Å². The van der Waals surface area contributed by atoms with Gasteiger partial charge in [0.2, 0.25) is 5.78 Å². The van der Waals surface area contributed by atoms with Crippen LogP contribution in [0.25, 0.3) is 17.0 Å².